The first-order valence-electron chi connectivity index (χ1n) is 9.83. The van der Waals surface area contributed by atoms with Crippen LogP contribution in [0.25, 0.3) is 5.70 Å². The molecule has 3 fully saturated rings. The Bertz CT molecular complexity index is 745. The van der Waals surface area contributed by atoms with Crippen LogP contribution in [0.15, 0.2) is 26.8 Å². The molecule has 1 heterocycles. The molecule has 4 nitrogen and oxygen atoms in total. The average Bonchev–Trinajstić information content (AvgIpc) is 3.01. The van der Waals surface area contributed by atoms with E-state index in [0.717, 1.165) is 26.1 Å². The molecular formula is C21H28BrIN2O2. The molecule has 4 N–H and O–H groups in total. The molecule has 1 atom stereocenters. The SMILES string of the molecule is NCC(O)CI1C=C(NC(=O)CC23CCC(CC2)CC3)c2c(Br)cccc21. The Hall–Kier alpha value is -0.440. The molecule has 1 amide bonds. The quantitative estimate of drug-likeness (QED) is 0.369. The zero-order chi connectivity index (χ0) is 19.0. The first-order valence-corrected chi connectivity index (χ1v) is 14.5. The van der Waals surface area contributed by atoms with Gasteiger partial charge in [0.2, 0.25) is 0 Å². The number of hydrogen-bond donors (Lipinski definition) is 3. The molecule has 3 aliphatic carbocycles. The second kappa shape index (κ2) is 8.13. The summed E-state index contributed by atoms with van der Waals surface area (Å²) in [5.41, 5.74) is 7.93. The summed E-state index contributed by atoms with van der Waals surface area (Å²) in [5.74, 6) is 1.07. The number of fused-ring (bicyclic) bond motifs is 4. The van der Waals surface area contributed by atoms with Gasteiger partial charge in [0.1, 0.15) is 0 Å². The van der Waals surface area contributed by atoms with Gasteiger partial charge in [-0.1, -0.05) is 0 Å². The summed E-state index contributed by atoms with van der Waals surface area (Å²) in [6, 6.07) is 6.21. The van der Waals surface area contributed by atoms with Gasteiger partial charge in [0, 0.05) is 0 Å². The van der Waals surface area contributed by atoms with Gasteiger partial charge in [0.25, 0.3) is 0 Å². The third-order valence-electron chi connectivity index (χ3n) is 6.41. The van der Waals surface area contributed by atoms with Gasteiger partial charge in [0.15, 0.2) is 0 Å². The zero-order valence-electron chi connectivity index (χ0n) is 15.5. The Morgan fingerprint density at radius 3 is 2.70 bits per heavy atom. The Kier molecular flexibility index (Phi) is 5.98. The predicted octanol–water partition coefficient (Wildman–Crippen LogP) is 4.23. The number of hydrogen-bond acceptors (Lipinski definition) is 3. The van der Waals surface area contributed by atoms with Crippen LogP contribution < -0.4 is 11.1 Å². The number of aliphatic hydroxyl groups excluding tert-OH is 1. The summed E-state index contributed by atoms with van der Waals surface area (Å²) in [4.78, 5) is 12.9. The standard InChI is InChI=1S/C21H28BrIN2O2/c22-16-2-1-3-17-20(16)18(12-23(17)11-15(26)13-24)25-19(27)10-21-7-4-14(5-8-21)6-9-21/h1-3,12,14-15,26H,4-11,13,24H2,(H,25,27). The van der Waals surface area contributed by atoms with Crippen LogP contribution in [0.2, 0.25) is 0 Å². The molecule has 1 aromatic carbocycles. The van der Waals surface area contributed by atoms with Crippen molar-refractivity contribution in [2.45, 2.75) is 51.0 Å². The van der Waals surface area contributed by atoms with Gasteiger partial charge in [-0.05, 0) is 0 Å². The van der Waals surface area contributed by atoms with Gasteiger partial charge < -0.3 is 0 Å². The van der Waals surface area contributed by atoms with E-state index in [2.05, 4.69) is 31.4 Å². The van der Waals surface area contributed by atoms with E-state index in [9.17, 15) is 9.90 Å². The van der Waals surface area contributed by atoms with Gasteiger partial charge in [-0.15, -0.1) is 0 Å². The Morgan fingerprint density at radius 1 is 1.33 bits per heavy atom. The van der Waals surface area contributed by atoms with Crippen molar-refractivity contribution < 1.29 is 9.90 Å². The monoisotopic (exact) mass is 546 g/mol. The summed E-state index contributed by atoms with van der Waals surface area (Å²) >= 11 is 1.96. The van der Waals surface area contributed by atoms with Crippen molar-refractivity contribution in [3.8, 4) is 0 Å². The van der Waals surface area contributed by atoms with Crippen molar-refractivity contribution in [3.05, 3.63) is 35.9 Å². The molecule has 2 bridgehead atoms. The van der Waals surface area contributed by atoms with E-state index in [4.69, 9.17) is 5.73 Å². The van der Waals surface area contributed by atoms with Crippen LogP contribution in [0.5, 0.6) is 0 Å². The number of aliphatic hydroxyl groups is 1. The van der Waals surface area contributed by atoms with E-state index in [1.54, 1.807) is 0 Å². The molecule has 0 radical (unpaired) electrons. The van der Waals surface area contributed by atoms with Crippen LogP contribution >= 0.6 is 35.7 Å². The Morgan fingerprint density at radius 2 is 2.04 bits per heavy atom. The first-order chi connectivity index (χ1) is 13.0. The number of nitrogens with two attached hydrogens (primary N) is 1. The molecule has 1 unspecified atom stereocenters. The number of rotatable bonds is 6. The van der Waals surface area contributed by atoms with Crippen LogP contribution in [0.1, 0.15) is 50.5 Å². The molecule has 3 saturated carbocycles. The van der Waals surface area contributed by atoms with Crippen LogP contribution in [-0.2, 0) is 4.79 Å². The van der Waals surface area contributed by atoms with E-state index >= 15 is 0 Å². The molecule has 0 saturated heterocycles. The van der Waals surface area contributed by atoms with Crippen molar-refractivity contribution in [1.29, 1.82) is 0 Å². The molecule has 6 heteroatoms. The Labute approximate surface area is 176 Å². The molecule has 0 aromatic heterocycles. The molecule has 0 spiro atoms. The second-order valence-electron chi connectivity index (χ2n) is 8.27. The fraction of sp³-hybridized carbons (Fsp3) is 0.571. The zero-order valence-corrected chi connectivity index (χ0v) is 19.3. The van der Waals surface area contributed by atoms with Gasteiger partial charge in [-0.25, -0.2) is 0 Å². The number of halogens is 2. The third kappa shape index (κ3) is 4.14. The van der Waals surface area contributed by atoms with Crippen LogP contribution in [0.4, 0.5) is 0 Å². The number of carbonyl (C=O) groups is 1. The van der Waals surface area contributed by atoms with E-state index < -0.39 is 25.9 Å². The number of alkyl halides is 1. The van der Waals surface area contributed by atoms with Gasteiger partial charge in [0.05, 0.1) is 0 Å². The molecular weight excluding hydrogens is 519 g/mol. The van der Waals surface area contributed by atoms with Gasteiger partial charge in [-0.3, -0.25) is 0 Å². The molecule has 1 aromatic rings. The first kappa shape index (κ1) is 19.9. The van der Waals surface area contributed by atoms with Crippen molar-refractivity contribution in [2.75, 3.05) is 11.0 Å². The van der Waals surface area contributed by atoms with E-state index in [0.29, 0.717) is 6.42 Å². The number of nitrogens with one attached hydrogen (secondary N) is 1. The minimum atomic E-state index is -1.70. The van der Waals surface area contributed by atoms with E-state index in [-0.39, 0.29) is 17.9 Å². The van der Waals surface area contributed by atoms with Crippen molar-refractivity contribution in [3.63, 3.8) is 0 Å². The van der Waals surface area contributed by atoms with Crippen LogP contribution in [0.3, 0.4) is 0 Å². The minimum absolute atomic E-state index is 0.153. The van der Waals surface area contributed by atoms with Crippen molar-refractivity contribution >= 4 is 47.4 Å². The van der Waals surface area contributed by atoms with Gasteiger partial charge >= 0.3 is 178 Å². The number of amides is 1. The number of benzene rings is 1. The fourth-order valence-electron chi connectivity index (χ4n) is 4.81. The van der Waals surface area contributed by atoms with Crippen molar-refractivity contribution in [1.82, 2.24) is 5.32 Å². The van der Waals surface area contributed by atoms with Crippen LogP contribution in [-0.4, -0.2) is 28.1 Å². The molecule has 4 aliphatic rings. The summed E-state index contributed by atoms with van der Waals surface area (Å²) in [6.45, 7) is 0.288. The normalized spacial score (nSPS) is 28.6. The fourth-order valence-corrected chi connectivity index (χ4v) is 11.4. The second-order valence-corrected chi connectivity index (χ2v) is 14.1. The Balaban J connectivity index is 1.50. The maximum absolute atomic E-state index is 12.9. The average molecular weight is 547 g/mol. The summed E-state index contributed by atoms with van der Waals surface area (Å²) in [7, 11) is 0. The topological polar surface area (TPSA) is 75.3 Å². The summed E-state index contributed by atoms with van der Waals surface area (Å²) in [5, 5.41) is 13.3. The predicted molar refractivity (Wildman–Crippen MR) is 121 cm³/mol. The molecule has 1 aliphatic heterocycles. The summed E-state index contributed by atoms with van der Waals surface area (Å²) < 4.78 is 5.29. The molecule has 148 valence electrons. The number of carbonyl (C=O) groups excluding carboxylic acids is 1. The van der Waals surface area contributed by atoms with E-state index in [1.807, 2.05) is 12.1 Å². The van der Waals surface area contributed by atoms with Crippen LogP contribution in [0, 0.1) is 14.9 Å². The van der Waals surface area contributed by atoms with E-state index in [1.165, 1.54) is 42.1 Å². The molecule has 27 heavy (non-hydrogen) atoms. The summed E-state index contributed by atoms with van der Waals surface area (Å²) in [6.07, 6.45) is 7.73. The van der Waals surface area contributed by atoms with Crippen molar-refractivity contribution in [2.24, 2.45) is 17.1 Å². The molecule has 5 rings (SSSR count). The maximum atomic E-state index is 12.9. The van der Waals surface area contributed by atoms with Gasteiger partial charge in [-0.2, -0.15) is 0 Å². The third-order valence-corrected chi connectivity index (χ3v) is 12.8.